The molecule has 0 aliphatic heterocycles. The van der Waals surface area contributed by atoms with Crippen LogP contribution in [0.1, 0.15) is 36.9 Å². The molecular formula is C11H16N2. The molecule has 2 nitrogen and oxygen atoms in total. The molecule has 0 bridgehead atoms. The second kappa shape index (κ2) is 3.77. The summed E-state index contributed by atoms with van der Waals surface area (Å²) in [6.45, 7) is 0. The Morgan fingerprint density at radius 3 is 2.69 bits per heavy atom. The van der Waals surface area contributed by atoms with Gasteiger partial charge in [0.2, 0.25) is 0 Å². The van der Waals surface area contributed by atoms with Crippen LogP contribution in [-0.4, -0.2) is 4.98 Å². The van der Waals surface area contributed by atoms with Gasteiger partial charge in [0, 0.05) is 17.6 Å². The first kappa shape index (κ1) is 8.54. The Kier molecular flexibility index (Phi) is 2.48. The topological polar surface area (TPSA) is 38.9 Å². The molecular weight excluding hydrogens is 160 g/mol. The Morgan fingerprint density at radius 1 is 1.08 bits per heavy atom. The quantitative estimate of drug-likeness (QED) is 0.659. The van der Waals surface area contributed by atoms with Crippen LogP contribution in [0.25, 0.3) is 0 Å². The number of nitrogens with zero attached hydrogens (tertiary/aromatic N) is 1. The molecule has 0 fully saturated rings. The zero-order chi connectivity index (χ0) is 9.10. The molecule has 0 amide bonds. The number of hydrogen-bond acceptors (Lipinski definition) is 2. The van der Waals surface area contributed by atoms with Gasteiger partial charge in [0.15, 0.2) is 0 Å². The SMILES string of the molecule is Nc1ccnc2c1CCCCCC2. The van der Waals surface area contributed by atoms with Crippen molar-refractivity contribution in [3.05, 3.63) is 23.5 Å². The van der Waals surface area contributed by atoms with Crippen LogP contribution in [-0.2, 0) is 12.8 Å². The molecule has 0 aromatic carbocycles. The van der Waals surface area contributed by atoms with Crippen molar-refractivity contribution in [2.45, 2.75) is 38.5 Å². The van der Waals surface area contributed by atoms with Crippen molar-refractivity contribution < 1.29 is 0 Å². The van der Waals surface area contributed by atoms with E-state index in [1.165, 1.54) is 36.9 Å². The summed E-state index contributed by atoms with van der Waals surface area (Å²) in [6, 6.07) is 1.92. The number of fused-ring (bicyclic) bond motifs is 1. The molecule has 0 atom stereocenters. The van der Waals surface area contributed by atoms with Crippen molar-refractivity contribution >= 4 is 5.69 Å². The number of hydrogen-bond donors (Lipinski definition) is 1. The van der Waals surface area contributed by atoms with Crippen LogP contribution in [0.5, 0.6) is 0 Å². The molecule has 70 valence electrons. The number of nitrogens with two attached hydrogens (primary N) is 1. The summed E-state index contributed by atoms with van der Waals surface area (Å²) >= 11 is 0. The molecule has 1 heterocycles. The van der Waals surface area contributed by atoms with Crippen LogP contribution in [0.2, 0.25) is 0 Å². The van der Waals surface area contributed by atoms with E-state index in [2.05, 4.69) is 4.98 Å². The second-order valence-corrected chi connectivity index (χ2v) is 3.74. The fraction of sp³-hybridized carbons (Fsp3) is 0.545. The van der Waals surface area contributed by atoms with Gasteiger partial charge in [0.25, 0.3) is 0 Å². The van der Waals surface area contributed by atoms with Gasteiger partial charge in [0.05, 0.1) is 0 Å². The van der Waals surface area contributed by atoms with Crippen molar-refractivity contribution in [3.8, 4) is 0 Å². The Labute approximate surface area is 79.2 Å². The number of anilines is 1. The zero-order valence-corrected chi connectivity index (χ0v) is 7.92. The van der Waals surface area contributed by atoms with Crippen LogP contribution in [0.3, 0.4) is 0 Å². The summed E-state index contributed by atoms with van der Waals surface area (Å²) in [4.78, 5) is 4.40. The summed E-state index contributed by atoms with van der Waals surface area (Å²) in [5.74, 6) is 0. The summed E-state index contributed by atoms with van der Waals surface area (Å²) in [5.41, 5.74) is 9.40. The van der Waals surface area contributed by atoms with Crippen LogP contribution in [0.4, 0.5) is 5.69 Å². The monoisotopic (exact) mass is 176 g/mol. The summed E-state index contributed by atoms with van der Waals surface area (Å²) in [7, 11) is 0. The normalized spacial score (nSPS) is 17.2. The minimum absolute atomic E-state index is 0.937. The van der Waals surface area contributed by atoms with E-state index in [1.807, 2.05) is 12.3 Å². The Bertz CT molecular complexity index is 294. The lowest BCUT2D eigenvalue weighted by Crippen LogP contribution is -2.05. The van der Waals surface area contributed by atoms with Gasteiger partial charge in [-0.3, -0.25) is 4.98 Å². The molecule has 0 radical (unpaired) electrons. The maximum Gasteiger partial charge on any atom is 0.0456 e. The lowest BCUT2D eigenvalue weighted by Gasteiger charge is -2.14. The maximum absolute atomic E-state index is 5.92. The van der Waals surface area contributed by atoms with E-state index in [0.717, 1.165) is 18.5 Å². The molecule has 0 unspecified atom stereocenters. The summed E-state index contributed by atoms with van der Waals surface area (Å²) in [5, 5.41) is 0. The molecule has 13 heavy (non-hydrogen) atoms. The largest absolute Gasteiger partial charge is 0.398 e. The predicted octanol–water partition coefficient (Wildman–Crippen LogP) is 2.32. The highest BCUT2D eigenvalue weighted by Gasteiger charge is 2.09. The molecule has 2 N–H and O–H groups in total. The Hall–Kier alpha value is -1.05. The number of aromatic nitrogens is 1. The smallest absolute Gasteiger partial charge is 0.0456 e. The molecule has 1 aromatic heterocycles. The lowest BCUT2D eigenvalue weighted by atomic mass is 9.96. The van der Waals surface area contributed by atoms with Crippen molar-refractivity contribution in [1.82, 2.24) is 4.98 Å². The molecule has 1 aliphatic rings. The van der Waals surface area contributed by atoms with Gasteiger partial charge in [-0.15, -0.1) is 0 Å². The second-order valence-electron chi connectivity index (χ2n) is 3.74. The van der Waals surface area contributed by atoms with Crippen LogP contribution in [0, 0.1) is 0 Å². The van der Waals surface area contributed by atoms with E-state index < -0.39 is 0 Å². The van der Waals surface area contributed by atoms with Crippen molar-refractivity contribution in [2.75, 3.05) is 5.73 Å². The molecule has 0 spiro atoms. The van der Waals surface area contributed by atoms with E-state index in [0.29, 0.717) is 0 Å². The van der Waals surface area contributed by atoms with E-state index in [-0.39, 0.29) is 0 Å². The molecule has 0 saturated carbocycles. The highest BCUT2D eigenvalue weighted by Crippen LogP contribution is 2.22. The first-order valence-electron chi connectivity index (χ1n) is 5.10. The van der Waals surface area contributed by atoms with E-state index in [1.54, 1.807) is 0 Å². The van der Waals surface area contributed by atoms with Gasteiger partial charge in [0.1, 0.15) is 0 Å². The third-order valence-corrected chi connectivity index (χ3v) is 2.77. The maximum atomic E-state index is 5.92. The fourth-order valence-electron chi connectivity index (χ4n) is 2.00. The van der Waals surface area contributed by atoms with Crippen LogP contribution >= 0.6 is 0 Å². The van der Waals surface area contributed by atoms with Gasteiger partial charge >= 0.3 is 0 Å². The standard InChI is InChI=1S/C11H16N2/c12-10-7-8-13-11-6-4-2-1-3-5-9(10)11/h7-8H,1-6H2,(H2,12,13). The fourth-order valence-corrected chi connectivity index (χ4v) is 2.00. The van der Waals surface area contributed by atoms with E-state index >= 15 is 0 Å². The number of rotatable bonds is 0. The first-order chi connectivity index (χ1) is 6.38. The van der Waals surface area contributed by atoms with Crippen LogP contribution < -0.4 is 5.73 Å². The molecule has 1 aromatic rings. The van der Waals surface area contributed by atoms with Crippen molar-refractivity contribution in [3.63, 3.8) is 0 Å². The summed E-state index contributed by atoms with van der Waals surface area (Å²) in [6.07, 6.45) is 9.28. The van der Waals surface area contributed by atoms with Gasteiger partial charge in [-0.25, -0.2) is 0 Å². The van der Waals surface area contributed by atoms with Gasteiger partial charge in [-0.2, -0.15) is 0 Å². The van der Waals surface area contributed by atoms with Gasteiger partial charge in [-0.1, -0.05) is 12.8 Å². The van der Waals surface area contributed by atoms with Gasteiger partial charge in [-0.05, 0) is 37.3 Å². The number of aryl methyl sites for hydroxylation is 1. The Morgan fingerprint density at radius 2 is 1.85 bits per heavy atom. The lowest BCUT2D eigenvalue weighted by molar-refractivity contribution is 0.609. The third-order valence-electron chi connectivity index (χ3n) is 2.77. The minimum Gasteiger partial charge on any atom is -0.398 e. The predicted molar refractivity (Wildman–Crippen MR) is 54.5 cm³/mol. The van der Waals surface area contributed by atoms with Gasteiger partial charge < -0.3 is 5.73 Å². The minimum atomic E-state index is 0.937. The number of pyridine rings is 1. The van der Waals surface area contributed by atoms with E-state index in [4.69, 9.17) is 5.73 Å². The Balaban J connectivity index is 2.33. The van der Waals surface area contributed by atoms with E-state index in [9.17, 15) is 0 Å². The van der Waals surface area contributed by atoms with Crippen molar-refractivity contribution in [1.29, 1.82) is 0 Å². The highest BCUT2D eigenvalue weighted by molar-refractivity contribution is 5.48. The summed E-state index contributed by atoms with van der Waals surface area (Å²) < 4.78 is 0. The molecule has 0 saturated heterocycles. The first-order valence-corrected chi connectivity index (χ1v) is 5.10. The molecule has 2 heteroatoms. The average molecular weight is 176 g/mol. The zero-order valence-electron chi connectivity index (χ0n) is 7.92. The molecule has 2 rings (SSSR count). The third kappa shape index (κ3) is 1.82. The molecule has 1 aliphatic carbocycles. The number of nitrogen functional groups attached to an aromatic ring is 1. The van der Waals surface area contributed by atoms with Crippen molar-refractivity contribution in [2.24, 2.45) is 0 Å². The highest BCUT2D eigenvalue weighted by atomic mass is 14.7. The average Bonchev–Trinajstić information content (AvgIpc) is 2.07. The van der Waals surface area contributed by atoms with Crippen LogP contribution in [0.15, 0.2) is 12.3 Å².